The number of benzene rings is 5. The van der Waals surface area contributed by atoms with E-state index in [1.165, 1.54) is 61.6 Å². The van der Waals surface area contributed by atoms with Gasteiger partial charge in [0.1, 0.15) is 8.07 Å². The Morgan fingerprint density at radius 1 is 0.500 bits per heavy atom. The van der Waals surface area contributed by atoms with E-state index in [9.17, 15) is 0 Å². The highest BCUT2D eigenvalue weighted by Gasteiger charge is 2.51. The number of aryl methyl sites for hydroxylation is 2. The molecule has 4 heteroatoms. The molecule has 3 aliphatic heterocycles. The molecule has 38 heavy (non-hydrogen) atoms. The summed E-state index contributed by atoms with van der Waals surface area (Å²) in [4.78, 5) is 5.05. The summed E-state index contributed by atoms with van der Waals surface area (Å²) in [7, 11) is -1.99. The normalized spacial score (nSPS) is 15.4. The maximum absolute atomic E-state index is 2.56. The molecule has 0 unspecified atom stereocenters. The van der Waals surface area contributed by atoms with Crippen LogP contribution in [0.1, 0.15) is 11.1 Å². The quantitative estimate of drug-likeness (QED) is 0.286. The largest absolute Gasteiger partial charge is 0.311 e. The van der Waals surface area contributed by atoms with Gasteiger partial charge in [0.15, 0.2) is 0 Å². The van der Waals surface area contributed by atoms with Crippen LogP contribution in [0.15, 0.2) is 103 Å². The van der Waals surface area contributed by atoms with Gasteiger partial charge in [0.25, 0.3) is 6.71 Å². The predicted molar refractivity (Wildman–Crippen MR) is 167 cm³/mol. The topological polar surface area (TPSA) is 6.48 Å². The second-order valence-electron chi connectivity index (χ2n) is 11.6. The van der Waals surface area contributed by atoms with Gasteiger partial charge in [0, 0.05) is 34.1 Å². The van der Waals surface area contributed by atoms with E-state index in [2.05, 4.69) is 140 Å². The SMILES string of the molecule is Cc1cc2c3c(c1)[Si](C)(C)c1cc(C)cc4c1B3c1c(cccc1N4c1ccccc1)N2c1ccccc1. The lowest BCUT2D eigenvalue weighted by Gasteiger charge is -2.50. The molecule has 0 fully saturated rings. The molecule has 0 amide bonds. The highest BCUT2D eigenvalue weighted by molar-refractivity contribution is 7.16. The molecule has 5 aromatic rings. The number of rotatable bonds is 2. The minimum Gasteiger partial charge on any atom is -0.311 e. The molecule has 0 bridgehead atoms. The molecular weight excluding hydrogens is 475 g/mol. The highest BCUT2D eigenvalue weighted by atomic mass is 28.3. The van der Waals surface area contributed by atoms with Crippen LogP contribution in [0.2, 0.25) is 13.1 Å². The lowest BCUT2D eigenvalue weighted by Crippen LogP contribution is -2.79. The lowest BCUT2D eigenvalue weighted by atomic mass is 9.33. The zero-order valence-corrected chi connectivity index (χ0v) is 23.3. The van der Waals surface area contributed by atoms with Crippen LogP contribution in [-0.2, 0) is 0 Å². The molecule has 0 saturated heterocycles. The zero-order chi connectivity index (χ0) is 25.8. The fourth-order valence-corrected chi connectivity index (χ4v) is 10.7. The second kappa shape index (κ2) is 7.52. The minimum absolute atomic E-state index is 0.248. The van der Waals surface area contributed by atoms with Crippen LogP contribution in [0.3, 0.4) is 0 Å². The maximum Gasteiger partial charge on any atom is 0.251 e. The highest BCUT2D eigenvalue weighted by Crippen LogP contribution is 2.44. The van der Waals surface area contributed by atoms with Gasteiger partial charge < -0.3 is 9.80 Å². The molecule has 3 aliphatic rings. The molecule has 0 aromatic heterocycles. The molecule has 0 radical (unpaired) electrons. The molecule has 0 N–H and O–H groups in total. The lowest BCUT2D eigenvalue weighted by molar-refractivity contribution is 1.24. The number of hydrogen-bond acceptors (Lipinski definition) is 2. The van der Waals surface area contributed by atoms with Gasteiger partial charge in [-0.1, -0.05) is 78.1 Å². The summed E-state index contributed by atoms with van der Waals surface area (Å²) in [5.74, 6) is 0. The van der Waals surface area contributed by atoms with E-state index in [4.69, 9.17) is 0 Å². The van der Waals surface area contributed by atoms with Crippen LogP contribution in [0.25, 0.3) is 0 Å². The molecule has 2 nitrogen and oxygen atoms in total. The van der Waals surface area contributed by atoms with Crippen molar-refractivity contribution in [2.75, 3.05) is 9.80 Å². The summed E-state index contributed by atoms with van der Waals surface area (Å²) >= 11 is 0. The Kier molecular flexibility index (Phi) is 4.36. The summed E-state index contributed by atoms with van der Waals surface area (Å²) in [5, 5.41) is 3.19. The first kappa shape index (κ1) is 22.0. The minimum atomic E-state index is -1.99. The van der Waals surface area contributed by atoms with E-state index in [1.54, 1.807) is 10.4 Å². The zero-order valence-electron chi connectivity index (χ0n) is 22.3. The van der Waals surface area contributed by atoms with Crippen LogP contribution < -0.4 is 36.6 Å². The number of hydrogen-bond donors (Lipinski definition) is 0. The first-order valence-corrected chi connectivity index (χ1v) is 16.6. The summed E-state index contributed by atoms with van der Waals surface area (Å²) < 4.78 is 0. The van der Waals surface area contributed by atoms with Crippen molar-refractivity contribution in [3.05, 3.63) is 114 Å². The Morgan fingerprint density at radius 3 is 1.39 bits per heavy atom. The number of anilines is 6. The molecule has 0 saturated carbocycles. The third kappa shape index (κ3) is 2.73. The van der Waals surface area contributed by atoms with Crippen molar-refractivity contribution in [1.29, 1.82) is 0 Å². The van der Waals surface area contributed by atoms with Crippen LogP contribution in [0.5, 0.6) is 0 Å². The third-order valence-corrected chi connectivity index (χ3v) is 12.4. The molecule has 3 heterocycles. The van der Waals surface area contributed by atoms with Gasteiger partial charge in [-0.2, -0.15) is 0 Å². The Morgan fingerprint density at radius 2 is 0.947 bits per heavy atom. The van der Waals surface area contributed by atoms with Gasteiger partial charge in [-0.15, -0.1) is 0 Å². The van der Waals surface area contributed by atoms with E-state index in [0.29, 0.717) is 0 Å². The van der Waals surface area contributed by atoms with Crippen molar-refractivity contribution < 1.29 is 0 Å². The molecule has 0 atom stereocenters. The van der Waals surface area contributed by atoms with Gasteiger partial charge in [0.2, 0.25) is 0 Å². The molecule has 5 aromatic carbocycles. The summed E-state index contributed by atoms with van der Waals surface area (Å²) in [5.41, 5.74) is 14.9. The molecular formula is C34H29BN2Si. The van der Waals surface area contributed by atoms with Crippen molar-refractivity contribution in [2.45, 2.75) is 26.9 Å². The average Bonchev–Trinajstić information content (AvgIpc) is 2.92. The third-order valence-electron chi connectivity index (χ3n) is 8.87. The Bertz CT molecular complexity index is 1650. The average molecular weight is 505 g/mol. The summed E-state index contributed by atoms with van der Waals surface area (Å²) in [6.07, 6.45) is 0. The monoisotopic (exact) mass is 504 g/mol. The second-order valence-corrected chi connectivity index (χ2v) is 15.9. The molecule has 8 rings (SSSR count). The Balaban J connectivity index is 1.57. The van der Waals surface area contributed by atoms with Crippen molar-refractivity contribution in [2.24, 2.45) is 0 Å². The molecule has 0 spiro atoms. The van der Waals surface area contributed by atoms with Crippen molar-refractivity contribution in [3.8, 4) is 0 Å². The van der Waals surface area contributed by atoms with E-state index in [-0.39, 0.29) is 6.71 Å². The fourth-order valence-electron chi connectivity index (χ4n) is 7.34. The van der Waals surface area contributed by atoms with Gasteiger partial charge in [0.05, 0.1) is 0 Å². The Hall–Kier alpha value is -4.02. The van der Waals surface area contributed by atoms with Gasteiger partial charge in [-0.25, -0.2) is 0 Å². The predicted octanol–water partition coefficient (Wildman–Crippen LogP) is 5.52. The Labute approximate surface area is 226 Å². The summed E-state index contributed by atoms with van der Waals surface area (Å²) in [6.45, 7) is 9.90. The standard InChI is InChI=1S/C34H29BN2Si/c1-22-18-28-33-30(20-22)38(3,4)31-21-23(2)19-29-34(31)35(33)32-26(36(28)24-12-7-5-8-13-24)16-11-17-27(32)37(29)25-14-9-6-10-15-25/h5-21H,1-4H3. The number of nitrogens with zero attached hydrogens (tertiary/aromatic N) is 2. The molecule has 0 aliphatic carbocycles. The van der Waals surface area contributed by atoms with E-state index in [0.717, 1.165) is 0 Å². The maximum atomic E-state index is 2.56. The van der Waals surface area contributed by atoms with Crippen molar-refractivity contribution in [1.82, 2.24) is 0 Å². The number of para-hydroxylation sites is 2. The van der Waals surface area contributed by atoms with Crippen LogP contribution in [0, 0.1) is 13.8 Å². The van der Waals surface area contributed by atoms with Crippen LogP contribution in [-0.4, -0.2) is 14.8 Å². The fraction of sp³-hybridized carbons (Fsp3) is 0.118. The first-order chi connectivity index (χ1) is 18.4. The van der Waals surface area contributed by atoms with E-state index in [1.807, 2.05) is 0 Å². The van der Waals surface area contributed by atoms with E-state index >= 15 is 0 Å². The van der Waals surface area contributed by atoms with Crippen LogP contribution in [0.4, 0.5) is 34.1 Å². The van der Waals surface area contributed by atoms with E-state index < -0.39 is 8.07 Å². The summed E-state index contributed by atoms with van der Waals surface area (Å²) in [6, 6.07) is 38.6. The van der Waals surface area contributed by atoms with Crippen LogP contribution >= 0.6 is 0 Å². The van der Waals surface area contributed by atoms with Gasteiger partial charge in [-0.3, -0.25) is 0 Å². The van der Waals surface area contributed by atoms with Gasteiger partial charge >= 0.3 is 0 Å². The van der Waals surface area contributed by atoms with Crippen molar-refractivity contribution >= 4 is 75.7 Å². The smallest absolute Gasteiger partial charge is 0.251 e. The molecule has 182 valence electrons. The first-order valence-electron chi connectivity index (χ1n) is 13.6. The van der Waals surface area contributed by atoms with Gasteiger partial charge in [-0.05, 0) is 89.9 Å². The van der Waals surface area contributed by atoms with Crippen molar-refractivity contribution in [3.63, 3.8) is 0 Å².